The largest absolute Gasteiger partial charge is 0.497 e. The number of amides is 1. The lowest BCUT2D eigenvalue weighted by atomic mass is 10.0. The second-order valence-corrected chi connectivity index (χ2v) is 6.19. The van der Waals surface area contributed by atoms with Crippen molar-refractivity contribution in [1.29, 1.82) is 0 Å². The molecule has 2 atom stereocenters. The number of rotatable bonds is 4. The molecule has 3 rings (SSSR count). The molecule has 0 bridgehead atoms. The highest BCUT2D eigenvalue weighted by molar-refractivity contribution is 5.94. The zero-order valence-corrected chi connectivity index (χ0v) is 14.2. The predicted octanol–water partition coefficient (Wildman–Crippen LogP) is 2.50. The molecule has 0 saturated carbocycles. The Hall–Kier alpha value is -2.34. The third-order valence-electron chi connectivity index (χ3n) is 4.53. The number of oxazole rings is 1. The van der Waals surface area contributed by atoms with Gasteiger partial charge >= 0.3 is 0 Å². The number of methoxy groups -OCH3 is 1. The summed E-state index contributed by atoms with van der Waals surface area (Å²) in [5.74, 6) is 1.66. The fraction of sp³-hybridized carbons (Fsp3) is 0.444. The number of ether oxygens (including phenoxy) is 1. The first kappa shape index (κ1) is 16.5. The smallest absolute Gasteiger partial charge is 0.276 e. The Labute approximate surface area is 141 Å². The van der Waals surface area contributed by atoms with Crippen LogP contribution in [0.15, 0.2) is 28.7 Å². The molecule has 0 spiro atoms. The van der Waals surface area contributed by atoms with Crippen LogP contribution in [0.5, 0.6) is 5.75 Å². The molecule has 24 heavy (non-hydrogen) atoms. The number of carbonyl (C=O) groups excluding carboxylic acids is 1. The van der Waals surface area contributed by atoms with Gasteiger partial charge in [-0.3, -0.25) is 4.79 Å². The SMILES string of the molecule is COc1ccc(-c2nc(C(=O)N3CCC(C(C)O)C3)c(C)o2)cc1. The van der Waals surface area contributed by atoms with Gasteiger partial charge in [-0.2, -0.15) is 0 Å². The van der Waals surface area contributed by atoms with E-state index in [4.69, 9.17) is 9.15 Å². The average Bonchev–Trinajstić information content (AvgIpc) is 3.21. The normalized spacial score (nSPS) is 18.7. The molecule has 0 aliphatic carbocycles. The van der Waals surface area contributed by atoms with Gasteiger partial charge in [0.2, 0.25) is 5.89 Å². The van der Waals surface area contributed by atoms with Crippen LogP contribution in [0.25, 0.3) is 11.5 Å². The zero-order valence-electron chi connectivity index (χ0n) is 14.2. The van der Waals surface area contributed by atoms with E-state index >= 15 is 0 Å². The Morgan fingerprint density at radius 3 is 2.71 bits per heavy atom. The van der Waals surface area contributed by atoms with Crippen molar-refractivity contribution in [2.75, 3.05) is 20.2 Å². The lowest BCUT2D eigenvalue weighted by molar-refractivity contribution is 0.0756. The standard InChI is InChI=1S/C18H22N2O4/c1-11(21)14-8-9-20(10-14)18(22)16-12(2)24-17(19-16)13-4-6-15(23-3)7-5-13/h4-7,11,14,21H,8-10H2,1-3H3. The summed E-state index contributed by atoms with van der Waals surface area (Å²) in [6.07, 6.45) is 0.405. The van der Waals surface area contributed by atoms with Gasteiger partial charge in [-0.05, 0) is 44.5 Å². The number of likely N-dealkylation sites (tertiary alicyclic amines) is 1. The summed E-state index contributed by atoms with van der Waals surface area (Å²) in [7, 11) is 1.61. The molecular weight excluding hydrogens is 308 g/mol. The van der Waals surface area contributed by atoms with Crippen LogP contribution in [0.4, 0.5) is 0 Å². The van der Waals surface area contributed by atoms with Gasteiger partial charge < -0.3 is 19.2 Å². The van der Waals surface area contributed by atoms with Crippen molar-refractivity contribution in [1.82, 2.24) is 9.88 Å². The second kappa shape index (κ2) is 6.65. The van der Waals surface area contributed by atoms with Crippen LogP contribution in [0.2, 0.25) is 0 Å². The Morgan fingerprint density at radius 1 is 1.42 bits per heavy atom. The van der Waals surface area contributed by atoms with Crippen molar-refractivity contribution in [3.05, 3.63) is 35.7 Å². The highest BCUT2D eigenvalue weighted by atomic mass is 16.5. The van der Waals surface area contributed by atoms with Crippen LogP contribution in [0.1, 0.15) is 29.6 Å². The second-order valence-electron chi connectivity index (χ2n) is 6.19. The van der Waals surface area contributed by atoms with Crippen molar-refractivity contribution in [2.45, 2.75) is 26.4 Å². The minimum Gasteiger partial charge on any atom is -0.497 e. The van der Waals surface area contributed by atoms with E-state index in [9.17, 15) is 9.90 Å². The highest BCUT2D eigenvalue weighted by Gasteiger charge is 2.32. The monoisotopic (exact) mass is 330 g/mol. The lowest BCUT2D eigenvalue weighted by Crippen LogP contribution is -2.31. The molecule has 2 aromatic rings. The molecular formula is C18H22N2O4. The van der Waals surface area contributed by atoms with Crippen LogP contribution in [0.3, 0.4) is 0 Å². The topological polar surface area (TPSA) is 75.8 Å². The predicted molar refractivity (Wildman–Crippen MR) is 88.9 cm³/mol. The van der Waals surface area contributed by atoms with Gasteiger partial charge in [0.15, 0.2) is 5.69 Å². The third-order valence-corrected chi connectivity index (χ3v) is 4.53. The molecule has 1 aliphatic rings. The summed E-state index contributed by atoms with van der Waals surface area (Å²) in [5, 5.41) is 9.69. The van der Waals surface area contributed by atoms with Crippen molar-refractivity contribution in [3.8, 4) is 17.2 Å². The Bertz CT molecular complexity index is 721. The molecule has 1 aromatic carbocycles. The van der Waals surface area contributed by atoms with Crippen LogP contribution >= 0.6 is 0 Å². The van der Waals surface area contributed by atoms with Gasteiger partial charge in [-0.15, -0.1) is 0 Å². The molecule has 2 unspecified atom stereocenters. The molecule has 1 amide bonds. The number of benzene rings is 1. The molecule has 1 fully saturated rings. The van der Waals surface area contributed by atoms with Crippen molar-refractivity contribution < 1.29 is 19.1 Å². The van der Waals surface area contributed by atoms with E-state index < -0.39 is 6.10 Å². The molecule has 1 aromatic heterocycles. The maximum atomic E-state index is 12.7. The fourth-order valence-electron chi connectivity index (χ4n) is 2.97. The van der Waals surface area contributed by atoms with Gasteiger partial charge in [0.05, 0.1) is 13.2 Å². The summed E-state index contributed by atoms with van der Waals surface area (Å²) < 4.78 is 10.8. The number of aliphatic hydroxyl groups is 1. The van der Waals surface area contributed by atoms with E-state index in [2.05, 4.69) is 4.98 Å². The number of aliphatic hydroxyl groups excluding tert-OH is 1. The third kappa shape index (κ3) is 3.14. The van der Waals surface area contributed by atoms with E-state index in [0.29, 0.717) is 30.4 Å². The maximum absolute atomic E-state index is 12.7. The molecule has 2 heterocycles. The van der Waals surface area contributed by atoms with Gasteiger partial charge in [-0.25, -0.2) is 4.98 Å². The number of hydrogen-bond donors (Lipinski definition) is 1. The first-order chi connectivity index (χ1) is 11.5. The van der Waals surface area contributed by atoms with E-state index in [1.54, 1.807) is 25.9 Å². The van der Waals surface area contributed by atoms with Gasteiger partial charge in [-0.1, -0.05) is 0 Å². The summed E-state index contributed by atoms with van der Waals surface area (Å²) in [5.41, 5.74) is 1.13. The fourth-order valence-corrected chi connectivity index (χ4v) is 2.97. The van der Waals surface area contributed by atoms with Gasteiger partial charge in [0.25, 0.3) is 5.91 Å². The quantitative estimate of drug-likeness (QED) is 0.932. The van der Waals surface area contributed by atoms with E-state index in [1.165, 1.54) is 0 Å². The number of hydrogen-bond acceptors (Lipinski definition) is 5. The minimum atomic E-state index is -0.406. The number of nitrogens with zero attached hydrogens (tertiary/aromatic N) is 2. The minimum absolute atomic E-state index is 0.127. The molecule has 6 heteroatoms. The molecule has 1 N–H and O–H groups in total. The first-order valence-electron chi connectivity index (χ1n) is 8.08. The molecule has 0 radical (unpaired) electrons. The van der Waals surface area contributed by atoms with Crippen molar-refractivity contribution in [2.24, 2.45) is 5.92 Å². The van der Waals surface area contributed by atoms with Crippen LogP contribution in [0, 0.1) is 12.8 Å². The Morgan fingerprint density at radius 2 is 2.12 bits per heavy atom. The van der Waals surface area contributed by atoms with E-state index in [0.717, 1.165) is 17.7 Å². The van der Waals surface area contributed by atoms with Crippen molar-refractivity contribution in [3.63, 3.8) is 0 Å². The van der Waals surface area contributed by atoms with Crippen LogP contribution in [-0.2, 0) is 0 Å². The first-order valence-corrected chi connectivity index (χ1v) is 8.08. The summed E-state index contributed by atoms with van der Waals surface area (Å²) in [6, 6.07) is 7.34. The van der Waals surface area contributed by atoms with Gasteiger partial charge in [0, 0.05) is 24.6 Å². The molecule has 1 aliphatic heterocycles. The summed E-state index contributed by atoms with van der Waals surface area (Å²) in [4.78, 5) is 18.8. The van der Waals surface area contributed by atoms with Gasteiger partial charge in [0.1, 0.15) is 11.5 Å². The summed E-state index contributed by atoms with van der Waals surface area (Å²) in [6.45, 7) is 4.70. The maximum Gasteiger partial charge on any atom is 0.276 e. The van der Waals surface area contributed by atoms with Crippen molar-refractivity contribution >= 4 is 5.91 Å². The number of aromatic nitrogens is 1. The Balaban J connectivity index is 1.79. The van der Waals surface area contributed by atoms with Crippen LogP contribution < -0.4 is 4.74 Å². The number of aryl methyl sites for hydroxylation is 1. The average molecular weight is 330 g/mol. The molecule has 1 saturated heterocycles. The highest BCUT2D eigenvalue weighted by Crippen LogP contribution is 2.26. The molecule has 6 nitrogen and oxygen atoms in total. The van der Waals surface area contributed by atoms with E-state index in [1.807, 2.05) is 24.3 Å². The van der Waals surface area contributed by atoms with Crippen LogP contribution in [-0.4, -0.2) is 47.2 Å². The number of carbonyl (C=O) groups is 1. The summed E-state index contributed by atoms with van der Waals surface area (Å²) >= 11 is 0. The molecule has 128 valence electrons. The van der Waals surface area contributed by atoms with E-state index in [-0.39, 0.29) is 11.8 Å². The zero-order chi connectivity index (χ0) is 17.3. The lowest BCUT2D eigenvalue weighted by Gasteiger charge is -2.16. The Kier molecular flexibility index (Phi) is 4.57.